The molecule has 0 aliphatic heterocycles. The molecule has 3 heteroatoms. The molecular formula is C18H27NO2. The van der Waals surface area contributed by atoms with Crippen molar-refractivity contribution >= 4 is 5.69 Å². The van der Waals surface area contributed by atoms with Crippen LogP contribution in [-0.4, -0.2) is 20.3 Å². The molecule has 1 aromatic rings. The summed E-state index contributed by atoms with van der Waals surface area (Å²) >= 11 is 0. The predicted octanol–water partition coefficient (Wildman–Crippen LogP) is 4.33. The first-order valence-corrected chi connectivity index (χ1v) is 7.89. The van der Waals surface area contributed by atoms with Gasteiger partial charge in [-0.05, 0) is 36.0 Å². The first-order valence-electron chi connectivity index (χ1n) is 7.89. The summed E-state index contributed by atoms with van der Waals surface area (Å²) in [5.74, 6) is 2.51. The maximum absolute atomic E-state index is 5.38. The van der Waals surface area contributed by atoms with Crippen molar-refractivity contribution in [3.05, 3.63) is 18.2 Å². The number of benzene rings is 1. The number of ether oxygens (including phenoxy) is 2. The summed E-state index contributed by atoms with van der Waals surface area (Å²) in [5.41, 5.74) is 1.84. The van der Waals surface area contributed by atoms with Crippen LogP contribution in [0.1, 0.15) is 40.0 Å². The molecule has 0 radical (unpaired) electrons. The van der Waals surface area contributed by atoms with Gasteiger partial charge in [0.25, 0.3) is 0 Å². The first-order chi connectivity index (χ1) is 9.89. The van der Waals surface area contributed by atoms with E-state index in [1.165, 1.54) is 19.3 Å². The first kappa shape index (κ1) is 14.6. The lowest BCUT2D eigenvalue weighted by molar-refractivity contribution is 0.155. The fourth-order valence-corrected chi connectivity index (χ4v) is 4.72. The summed E-state index contributed by atoms with van der Waals surface area (Å²) in [4.78, 5) is 0. The third-order valence-electron chi connectivity index (χ3n) is 5.93. The van der Waals surface area contributed by atoms with Gasteiger partial charge in [-0.15, -0.1) is 0 Å². The van der Waals surface area contributed by atoms with E-state index in [2.05, 4.69) is 38.2 Å². The highest BCUT2D eigenvalue weighted by atomic mass is 16.5. The van der Waals surface area contributed by atoms with Gasteiger partial charge in [-0.2, -0.15) is 0 Å². The molecule has 0 saturated heterocycles. The number of hydrogen-bond acceptors (Lipinski definition) is 3. The molecule has 0 heterocycles. The Labute approximate surface area is 128 Å². The van der Waals surface area contributed by atoms with Crippen molar-refractivity contribution in [1.82, 2.24) is 0 Å². The zero-order chi connectivity index (χ0) is 15.3. The summed E-state index contributed by atoms with van der Waals surface area (Å²) in [7, 11) is 3.39. The van der Waals surface area contributed by atoms with Crippen molar-refractivity contribution in [2.75, 3.05) is 19.5 Å². The van der Waals surface area contributed by atoms with E-state index in [0.717, 1.165) is 23.1 Å². The smallest absolute Gasteiger partial charge is 0.124 e. The van der Waals surface area contributed by atoms with Crippen LogP contribution in [0.5, 0.6) is 11.5 Å². The maximum atomic E-state index is 5.38. The van der Waals surface area contributed by atoms with E-state index in [9.17, 15) is 0 Å². The van der Waals surface area contributed by atoms with Gasteiger partial charge in [-0.3, -0.25) is 0 Å². The predicted molar refractivity (Wildman–Crippen MR) is 86.2 cm³/mol. The fourth-order valence-electron chi connectivity index (χ4n) is 4.72. The molecule has 3 nitrogen and oxygen atoms in total. The second kappa shape index (κ2) is 4.82. The normalized spacial score (nSPS) is 33.0. The Morgan fingerprint density at radius 2 is 1.67 bits per heavy atom. The van der Waals surface area contributed by atoms with Crippen LogP contribution in [0.4, 0.5) is 5.69 Å². The van der Waals surface area contributed by atoms with E-state index in [0.29, 0.717) is 16.9 Å². The number of nitrogens with one attached hydrogen (secondary N) is 1. The molecule has 3 atom stereocenters. The second-order valence-corrected chi connectivity index (χ2v) is 7.59. The molecule has 1 N–H and O–H groups in total. The van der Waals surface area contributed by atoms with Crippen LogP contribution in [0.2, 0.25) is 0 Å². The molecule has 3 rings (SSSR count). The summed E-state index contributed by atoms with van der Waals surface area (Å²) < 4.78 is 10.8. The molecule has 2 fully saturated rings. The molecule has 116 valence electrons. The summed E-state index contributed by atoms with van der Waals surface area (Å²) in [6.07, 6.45) is 4.06. The summed E-state index contributed by atoms with van der Waals surface area (Å²) in [6.45, 7) is 7.27. The van der Waals surface area contributed by atoms with Crippen LogP contribution < -0.4 is 14.8 Å². The minimum Gasteiger partial charge on any atom is -0.497 e. The SMILES string of the molecule is COc1cc(NC2C(C)(C)[C@H]3CC[C@]2(C)C3)cc(OC)c1. The Bertz CT molecular complexity index is 513. The van der Waals surface area contributed by atoms with Gasteiger partial charge in [-0.25, -0.2) is 0 Å². The van der Waals surface area contributed by atoms with Gasteiger partial charge in [0.05, 0.1) is 14.2 Å². The van der Waals surface area contributed by atoms with Crippen LogP contribution in [0, 0.1) is 16.7 Å². The number of fused-ring (bicyclic) bond motifs is 2. The van der Waals surface area contributed by atoms with Crippen molar-refractivity contribution in [3.63, 3.8) is 0 Å². The Balaban J connectivity index is 1.89. The Morgan fingerprint density at radius 3 is 2.14 bits per heavy atom. The molecule has 0 amide bonds. The molecular weight excluding hydrogens is 262 g/mol. The Kier molecular flexibility index (Phi) is 3.34. The molecule has 2 aliphatic carbocycles. The average molecular weight is 289 g/mol. The zero-order valence-electron chi connectivity index (χ0n) is 13.8. The Morgan fingerprint density at radius 1 is 1.05 bits per heavy atom. The van der Waals surface area contributed by atoms with Crippen LogP contribution >= 0.6 is 0 Å². The van der Waals surface area contributed by atoms with Crippen molar-refractivity contribution < 1.29 is 9.47 Å². The number of hydrogen-bond donors (Lipinski definition) is 1. The minimum absolute atomic E-state index is 0.337. The maximum Gasteiger partial charge on any atom is 0.124 e. The highest BCUT2D eigenvalue weighted by molar-refractivity contribution is 5.55. The zero-order valence-corrected chi connectivity index (χ0v) is 13.8. The monoisotopic (exact) mass is 289 g/mol. The van der Waals surface area contributed by atoms with E-state index in [4.69, 9.17) is 9.47 Å². The van der Waals surface area contributed by atoms with Crippen molar-refractivity contribution in [2.24, 2.45) is 16.7 Å². The van der Waals surface area contributed by atoms with Crippen LogP contribution in [0.25, 0.3) is 0 Å². The number of rotatable bonds is 4. The van der Waals surface area contributed by atoms with Crippen LogP contribution in [-0.2, 0) is 0 Å². The molecule has 0 aromatic heterocycles. The van der Waals surface area contributed by atoms with Crippen LogP contribution in [0.3, 0.4) is 0 Å². The van der Waals surface area contributed by atoms with E-state index in [-0.39, 0.29) is 0 Å². The van der Waals surface area contributed by atoms with Gasteiger partial charge in [0.2, 0.25) is 0 Å². The minimum atomic E-state index is 0.337. The van der Waals surface area contributed by atoms with Gasteiger partial charge in [-0.1, -0.05) is 20.8 Å². The molecule has 1 aromatic carbocycles. The fraction of sp³-hybridized carbons (Fsp3) is 0.667. The summed E-state index contributed by atoms with van der Waals surface area (Å²) in [5, 5.41) is 3.79. The molecule has 0 spiro atoms. The van der Waals surface area contributed by atoms with E-state index < -0.39 is 0 Å². The lowest BCUT2D eigenvalue weighted by Crippen LogP contribution is -2.45. The number of anilines is 1. The average Bonchev–Trinajstić information content (AvgIpc) is 2.94. The van der Waals surface area contributed by atoms with E-state index in [1.54, 1.807) is 14.2 Å². The van der Waals surface area contributed by atoms with Gasteiger partial charge in [0.15, 0.2) is 0 Å². The second-order valence-electron chi connectivity index (χ2n) is 7.59. The standard InChI is InChI=1S/C18H27NO2/c1-17(2)12-6-7-18(3,11-12)16(17)19-13-8-14(20-4)10-15(9-13)21-5/h8-10,12,16,19H,6-7,11H2,1-5H3/t12-,16?,18+/m0/s1. The third kappa shape index (κ3) is 2.27. The van der Waals surface area contributed by atoms with Crippen molar-refractivity contribution in [1.29, 1.82) is 0 Å². The molecule has 1 unspecified atom stereocenters. The molecule has 2 aliphatic rings. The topological polar surface area (TPSA) is 30.5 Å². The van der Waals surface area contributed by atoms with E-state index in [1.807, 2.05) is 6.07 Å². The molecule has 21 heavy (non-hydrogen) atoms. The molecule has 2 saturated carbocycles. The van der Waals surface area contributed by atoms with Crippen molar-refractivity contribution in [3.8, 4) is 11.5 Å². The lowest BCUT2D eigenvalue weighted by atomic mass is 9.68. The van der Waals surface area contributed by atoms with Gasteiger partial charge < -0.3 is 14.8 Å². The third-order valence-corrected chi connectivity index (χ3v) is 5.93. The van der Waals surface area contributed by atoms with Gasteiger partial charge >= 0.3 is 0 Å². The van der Waals surface area contributed by atoms with Crippen LogP contribution in [0.15, 0.2) is 18.2 Å². The van der Waals surface area contributed by atoms with E-state index >= 15 is 0 Å². The highest BCUT2D eigenvalue weighted by Gasteiger charge is 2.59. The Hall–Kier alpha value is -1.38. The lowest BCUT2D eigenvalue weighted by Gasteiger charge is -2.43. The summed E-state index contributed by atoms with van der Waals surface area (Å²) in [6, 6.07) is 6.54. The number of methoxy groups -OCH3 is 2. The van der Waals surface area contributed by atoms with Gasteiger partial charge in [0.1, 0.15) is 11.5 Å². The van der Waals surface area contributed by atoms with Gasteiger partial charge in [0, 0.05) is 29.9 Å². The largest absolute Gasteiger partial charge is 0.497 e. The highest BCUT2D eigenvalue weighted by Crippen LogP contribution is 2.63. The quantitative estimate of drug-likeness (QED) is 0.895. The molecule has 2 bridgehead atoms. The van der Waals surface area contributed by atoms with Crippen molar-refractivity contribution in [2.45, 2.75) is 46.1 Å².